The maximum absolute atomic E-state index is 13.3. The fraction of sp³-hybridized carbons (Fsp3) is 0.0333. The van der Waals surface area contributed by atoms with Crippen LogP contribution in [0.15, 0.2) is 125 Å². The number of hydrogen-bond donors (Lipinski definition) is 0. The maximum Gasteiger partial charge on any atom is 0.229 e. The summed E-state index contributed by atoms with van der Waals surface area (Å²) in [4.78, 5) is 14.1. The zero-order valence-corrected chi connectivity index (χ0v) is 19.0. The molecule has 1 heterocycles. The van der Waals surface area contributed by atoms with Crippen LogP contribution in [0, 0.1) is 0 Å². The van der Waals surface area contributed by atoms with Gasteiger partial charge in [-0.2, -0.15) is 0 Å². The SMILES string of the molecule is CSc1cc(-c2ccc(-c3ccccc3)cc2)oc1C(=O)c1ccc(-c2ccccc2)cc1. The summed E-state index contributed by atoms with van der Waals surface area (Å²) in [6, 6.07) is 38.3. The van der Waals surface area contributed by atoms with E-state index < -0.39 is 0 Å². The van der Waals surface area contributed by atoms with E-state index in [0.29, 0.717) is 17.1 Å². The highest BCUT2D eigenvalue weighted by Crippen LogP contribution is 2.34. The molecule has 0 aliphatic heterocycles. The average molecular weight is 447 g/mol. The largest absolute Gasteiger partial charge is 0.451 e. The van der Waals surface area contributed by atoms with Crippen molar-refractivity contribution in [1.29, 1.82) is 0 Å². The third-order valence-corrected chi connectivity index (χ3v) is 6.40. The first kappa shape index (κ1) is 21.0. The molecule has 1 aromatic heterocycles. The van der Waals surface area contributed by atoms with E-state index in [9.17, 15) is 4.79 Å². The summed E-state index contributed by atoms with van der Waals surface area (Å²) < 4.78 is 6.10. The van der Waals surface area contributed by atoms with Crippen LogP contribution >= 0.6 is 11.8 Å². The van der Waals surface area contributed by atoms with Crippen molar-refractivity contribution in [1.82, 2.24) is 0 Å². The minimum absolute atomic E-state index is 0.105. The van der Waals surface area contributed by atoms with Crippen LogP contribution in [0.25, 0.3) is 33.6 Å². The molecule has 5 rings (SSSR count). The molecule has 0 N–H and O–H groups in total. The molecule has 5 aromatic rings. The van der Waals surface area contributed by atoms with Crippen LogP contribution in [0.2, 0.25) is 0 Å². The number of thioether (sulfide) groups is 1. The summed E-state index contributed by atoms with van der Waals surface area (Å²) >= 11 is 1.52. The molecule has 0 radical (unpaired) electrons. The Hall–Kier alpha value is -3.82. The molecule has 0 amide bonds. The van der Waals surface area contributed by atoms with Gasteiger partial charge in [0.15, 0.2) is 5.76 Å². The summed E-state index contributed by atoms with van der Waals surface area (Å²) in [6.45, 7) is 0. The molecular weight excluding hydrogens is 424 g/mol. The molecule has 0 saturated carbocycles. The van der Waals surface area contributed by atoms with E-state index in [0.717, 1.165) is 27.1 Å². The highest BCUT2D eigenvalue weighted by atomic mass is 32.2. The Labute approximate surface area is 197 Å². The van der Waals surface area contributed by atoms with Crippen LogP contribution < -0.4 is 0 Å². The zero-order chi connectivity index (χ0) is 22.6. The van der Waals surface area contributed by atoms with Gasteiger partial charge < -0.3 is 4.42 Å². The van der Waals surface area contributed by atoms with Crippen molar-refractivity contribution < 1.29 is 9.21 Å². The molecule has 0 aliphatic carbocycles. The molecule has 0 bridgehead atoms. The molecule has 0 saturated heterocycles. The first-order chi connectivity index (χ1) is 16.2. The summed E-state index contributed by atoms with van der Waals surface area (Å²) in [6.07, 6.45) is 1.96. The van der Waals surface area contributed by atoms with Gasteiger partial charge in [-0.25, -0.2) is 0 Å². The van der Waals surface area contributed by atoms with E-state index in [1.807, 2.05) is 85.1 Å². The van der Waals surface area contributed by atoms with Gasteiger partial charge in [0, 0.05) is 11.1 Å². The van der Waals surface area contributed by atoms with Crippen molar-refractivity contribution in [3.8, 4) is 33.6 Å². The van der Waals surface area contributed by atoms with Gasteiger partial charge in [-0.05, 0) is 34.6 Å². The van der Waals surface area contributed by atoms with Gasteiger partial charge in [0.2, 0.25) is 5.78 Å². The molecule has 0 spiro atoms. The Bertz CT molecular complexity index is 1370. The highest BCUT2D eigenvalue weighted by molar-refractivity contribution is 7.98. The Morgan fingerprint density at radius 1 is 0.606 bits per heavy atom. The Morgan fingerprint density at radius 2 is 1.06 bits per heavy atom. The number of carbonyl (C=O) groups is 1. The van der Waals surface area contributed by atoms with E-state index >= 15 is 0 Å². The number of ketones is 1. The maximum atomic E-state index is 13.3. The van der Waals surface area contributed by atoms with Gasteiger partial charge in [-0.3, -0.25) is 4.79 Å². The third kappa shape index (κ3) is 4.41. The first-order valence-electron chi connectivity index (χ1n) is 10.8. The summed E-state index contributed by atoms with van der Waals surface area (Å²) in [5, 5.41) is 0. The van der Waals surface area contributed by atoms with E-state index in [1.165, 1.54) is 17.3 Å². The number of rotatable bonds is 6. The van der Waals surface area contributed by atoms with Gasteiger partial charge in [-0.1, -0.05) is 109 Å². The van der Waals surface area contributed by atoms with Gasteiger partial charge in [0.05, 0.1) is 4.90 Å². The molecule has 160 valence electrons. The zero-order valence-electron chi connectivity index (χ0n) is 18.2. The van der Waals surface area contributed by atoms with Gasteiger partial charge in [-0.15, -0.1) is 11.8 Å². The highest BCUT2D eigenvalue weighted by Gasteiger charge is 2.20. The molecule has 3 heteroatoms. The molecule has 0 fully saturated rings. The number of furan rings is 1. The van der Waals surface area contributed by atoms with E-state index in [1.54, 1.807) is 0 Å². The number of hydrogen-bond acceptors (Lipinski definition) is 3. The second kappa shape index (κ2) is 9.35. The van der Waals surface area contributed by atoms with Crippen molar-refractivity contribution in [2.75, 3.05) is 6.26 Å². The van der Waals surface area contributed by atoms with E-state index in [4.69, 9.17) is 4.42 Å². The van der Waals surface area contributed by atoms with Crippen molar-refractivity contribution in [2.24, 2.45) is 0 Å². The number of benzene rings is 4. The van der Waals surface area contributed by atoms with Crippen LogP contribution in [0.3, 0.4) is 0 Å². The average Bonchev–Trinajstić information content (AvgIpc) is 3.34. The first-order valence-corrected chi connectivity index (χ1v) is 12.0. The molecule has 0 atom stereocenters. The fourth-order valence-electron chi connectivity index (χ4n) is 3.86. The predicted octanol–water partition coefficient (Wildman–Crippen LogP) is 8.23. The molecule has 0 unspecified atom stereocenters. The van der Waals surface area contributed by atoms with Gasteiger partial charge in [0.25, 0.3) is 0 Å². The van der Waals surface area contributed by atoms with E-state index in [-0.39, 0.29) is 5.78 Å². The lowest BCUT2D eigenvalue weighted by atomic mass is 10.0. The van der Waals surface area contributed by atoms with Crippen LogP contribution in [0.5, 0.6) is 0 Å². The third-order valence-electron chi connectivity index (χ3n) is 5.65. The van der Waals surface area contributed by atoms with Crippen molar-refractivity contribution in [3.63, 3.8) is 0 Å². The lowest BCUT2D eigenvalue weighted by Gasteiger charge is -2.04. The van der Waals surface area contributed by atoms with E-state index in [2.05, 4.69) is 36.4 Å². The Balaban J connectivity index is 1.42. The fourth-order valence-corrected chi connectivity index (χ4v) is 4.40. The number of carbonyl (C=O) groups excluding carboxylic acids is 1. The van der Waals surface area contributed by atoms with Crippen molar-refractivity contribution in [2.45, 2.75) is 4.90 Å². The van der Waals surface area contributed by atoms with Crippen LogP contribution in [0.1, 0.15) is 16.1 Å². The normalized spacial score (nSPS) is 10.8. The Morgan fingerprint density at radius 3 is 1.58 bits per heavy atom. The summed E-state index contributed by atoms with van der Waals surface area (Å²) in [5.74, 6) is 0.978. The predicted molar refractivity (Wildman–Crippen MR) is 137 cm³/mol. The second-order valence-corrected chi connectivity index (χ2v) is 8.57. The standard InChI is InChI=1S/C30H22O2S/c1-33-28-20-27(25-16-12-23(13-17-25)21-8-4-2-5-9-21)32-30(28)29(31)26-18-14-24(15-19-26)22-10-6-3-7-11-22/h2-20H,1H3. The van der Waals surface area contributed by atoms with Crippen LogP contribution in [-0.2, 0) is 0 Å². The van der Waals surface area contributed by atoms with Gasteiger partial charge >= 0.3 is 0 Å². The Kier molecular flexibility index (Phi) is 5.97. The lowest BCUT2D eigenvalue weighted by molar-refractivity contribution is 0.101. The minimum Gasteiger partial charge on any atom is -0.451 e. The van der Waals surface area contributed by atoms with Crippen LogP contribution in [0.4, 0.5) is 0 Å². The summed E-state index contributed by atoms with van der Waals surface area (Å²) in [5.41, 5.74) is 6.08. The summed E-state index contributed by atoms with van der Waals surface area (Å²) in [7, 11) is 0. The minimum atomic E-state index is -0.105. The molecule has 0 aliphatic rings. The van der Waals surface area contributed by atoms with Crippen LogP contribution in [-0.4, -0.2) is 12.0 Å². The van der Waals surface area contributed by atoms with Crippen molar-refractivity contribution in [3.05, 3.63) is 127 Å². The smallest absolute Gasteiger partial charge is 0.229 e. The van der Waals surface area contributed by atoms with Gasteiger partial charge in [0.1, 0.15) is 5.76 Å². The quantitative estimate of drug-likeness (QED) is 0.194. The molecule has 33 heavy (non-hydrogen) atoms. The monoisotopic (exact) mass is 446 g/mol. The second-order valence-electron chi connectivity index (χ2n) is 7.72. The molecule has 2 nitrogen and oxygen atoms in total. The van der Waals surface area contributed by atoms with Crippen molar-refractivity contribution >= 4 is 17.5 Å². The topological polar surface area (TPSA) is 30.2 Å². The lowest BCUT2D eigenvalue weighted by Crippen LogP contribution is -2.00. The molecular formula is C30H22O2S. The molecule has 4 aromatic carbocycles.